The Balaban J connectivity index is 1.98. The van der Waals surface area contributed by atoms with Gasteiger partial charge < -0.3 is 5.32 Å². The minimum Gasteiger partial charge on any atom is -0.310 e. The lowest BCUT2D eigenvalue weighted by Gasteiger charge is -2.16. The summed E-state index contributed by atoms with van der Waals surface area (Å²) in [6.07, 6.45) is 5.28. The molecule has 1 N–H and O–H groups in total. The highest BCUT2D eigenvalue weighted by atomic mass is 35.5. The highest BCUT2D eigenvalue weighted by Crippen LogP contribution is 2.44. The van der Waals surface area contributed by atoms with Crippen LogP contribution in [-0.2, 0) is 0 Å². The summed E-state index contributed by atoms with van der Waals surface area (Å²) >= 11 is 6.09. The van der Waals surface area contributed by atoms with Gasteiger partial charge in [-0.1, -0.05) is 17.7 Å². The van der Waals surface area contributed by atoms with Crippen molar-refractivity contribution in [2.45, 2.75) is 37.6 Å². The molecule has 2 aliphatic rings. The maximum atomic E-state index is 6.09. The molecule has 1 atom stereocenters. The van der Waals surface area contributed by atoms with Gasteiger partial charge in [-0.15, -0.1) is 0 Å². The third-order valence-corrected chi connectivity index (χ3v) is 3.74. The van der Waals surface area contributed by atoms with Crippen LogP contribution in [0.25, 0.3) is 0 Å². The summed E-state index contributed by atoms with van der Waals surface area (Å²) in [5.74, 6) is 0.819. The Morgan fingerprint density at radius 1 is 1.13 bits per heavy atom. The zero-order valence-corrected chi connectivity index (χ0v) is 9.56. The van der Waals surface area contributed by atoms with Crippen LogP contribution in [-0.4, -0.2) is 6.54 Å². The predicted octanol–water partition coefficient (Wildman–Crippen LogP) is 3.64. The Morgan fingerprint density at radius 2 is 2.00 bits per heavy atom. The van der Waals surface area contributed by atoms with E-state index in [4.69, 9.17) is 11.6 Å². The number of halogens is 1. The molecular formula is C13H16ClN. The molecule has 0 radical (unpaired) electrons. The zero-order valence-electron chi connectivity index (χ0n) is 8.80. The maximum Gasteiger partial charge on any atom is 0.0409 e. The summed E-state index contributed by atoms with van der Waals surface area (Å²) < 4.78 is 0. The highest BCUT2D eigenvalue weighted by Gasteiger charge is 2.29. The van der Waals surface area contributed by atoms with Crippen LogP contribution in [0.2, 0.25) is 5.02 Å². The van der Waals surface area contributed by atoms with Crippen LogP contribution in [0.3, 0.4) is 0 Å². The molecule has 1 aromatic rings. The van der Waals surface area contributed by atoms with Crippen LogP contribution in [0, 0.1) is 0 Å². The van der Waals surface area contributed by atoms with Crippen LogP contribution in [0.15, 0.2) is 18.2 Å². The Kier molecular flexibility index (Phi) is 2.45. The third-order valence-electron chi connectivity index (χ3n) is 3.50. The first-order valence-electron chi connectivity index (χ1n) is 5.87. The molecule has 0 aromatic heterocycles. The van der Waals surface area contributed by atoms with Crippen molar-refractivity contribution in [3.8, 4) is 0 Å². The van der Waals surface area contributed by atoms with Crippen molar-refractivity contribution in [3.05, 3.63) is 34.3 Å². The van der Waals surface area contributed by atoms with Crippen LogP contribution in [0.5, 0.6) is 0 Å². The molecular weight excluding hydrogens is 206 g/mol. The molecule has 2 heteroatoms. The molecule has 1 saturated carbocycles. The van der Waals surface area contributed by atoms with Gasteiger partial charge in [0.15, 0.2) is 0 Å². The van der Waals surface area contributed by atoms with Gasteiger partial charge in [-0.25, -0.2) is 0 Å². The molecule has 0 spiro atoms. The largest absolute Gasteiger partial charge is 0.310 e. The Bertz CT molecular complexity index is 365. The molecule has 15 heavy (non-hydrogen) atoms. The van der Waals surface area contributed by atoms with Crippen LogP contribution >= 0.6 is 11.6 Å². The fraction of sp³-hybridized carbons (Fsp3) is 0.538. The first kappa shape index (κ1) is 9.68. The van der Waals surface area contributed by atoms with Crippen molar-refractivity contribution in [1.29, 1.82) is 0 Å². The standard InChI is InChI=1S/C13H16ClN/c14-10-5-6-11(9-3-4-9)12(8-10)13-2-1-7-15-13/h5-6,8-9,13,15H,1-4,7H2. The van der Waals surface area contributed by atoms with E-state index in [0.29, 0.717) is 6.04 Å². The molecule has 1 saturated heterocycles. The molecule has 80 valence electrons. The van der Waals surface area contributed by atoms with Crippen molar-refractivity contribution in [2.24, 2.45) is 0 Å². The van der Waals surface area contributed by atoms with Gasteiger partial charge in [0.05, 0.1) is 0 Å². The van der Waals surface area contributed by atoms with Crippen molar-refractivity contribution in [1.82, 2.24) is 5.32 Å². The smallest absolute Gasteiger partial charge is 0.0409 e. The topological polar surface area (TPSA) is 12.0 Å². The van der Waals surface area contributed by atoms with E-state index in [1.54, 1.807) is 5.56 Å². The van der Waals surface area contributed by atoms with Gasteiger partial charge in [0.1, 0.15) is 0 Å². The lowest BCUT2D eigenvalue weighted by molar-refractivity contribution is 0.640. The predicted molar refractivity (Wildman–Crippen MR) is 63.4 cm³/mol. The molecule has 1 aromatic carbocycles. The van der Waals surface area contributed by atoms with Gasteiger partial charge in [-0.2, -0.15) is 0 Å². The monoisotopic (exact) mass is 221 g/mol. The second-order valence-corrected chi connectivity index (χ2v) is 5.13. The van der Waals surface area contributed by atoms with Crippen molar-refractivity contribution in [3.63, 3.8) is 0 Å². The Labute approximate surface area is 95.8 Å². The summed E-state index contributed by atoms with van der Waals surface area (Å²) in [5, 5.41) is 4.44. The number of hydrogen-bond donors (Lipinski definition) is 1. The minimum atomic E-state index is 0.555. The van der Waals surface area contributed by atoms with E-state index in [0.717, 1.165) is 17.5 Å². The van der Waals surface area contributed by atoms with Crippen LogP contribution in [0.4, 0.5) is 0 Å². The average Bonchev–Trinajstić information content (AvgIpc) is 2.94. The van der Waals surface area contributed by atoms with E-state index in [1.807, 2.05) is 6.07 Å². The van der Waals surface area contributed by atoms with Gasteiger partial charge in [0, 0.05) is 11.1 Å². The second kappa shape index (κ2) is 3.80. The summed E-state index contributed by atoms with van der Waals surface area (Å²) in [7, 11) is 0. The fourth-order valence-corrected chi connectivity index (χ4v) is 2.74. The van der Waals surface area contributed by atoms with Crippen molar-refractivity contribution < 1.29 is 0 Å². The zero-order chi connectivity index (χ0) is 10.3. The molecule has 0 amide bonds. The van der Waals surface area contributed by atoms with Gasteiger partial charge >= 0.3 is 0 Å². The molecule has 0 bridgehead atoms. The summed E-state index contributed by atoms with van der Waals surface area (Å²) in [4.78, 5) is 0. The van der Waals surface area contributed by atoms with E-state index in [9.17, 15) is 0 Å². The molecule has 1 nitrogen and oxygen atoms in total. The van der Waals surface area contributed by atoms with E-state index < -0.39 is 0 Å². The number of hydrogen-bond acceptors (Lipinski definition) is 1. The number of rotatable bonds is 2. The first-order valence-corrected chi connectivity index (χ1v) is 6.25. The number of benzene rings is 1. The maximum absolute atomic E-state index is 6.09. The SMILES string of the molecule is Clc1ccc(C2CC2)c(C2CCCN2)c1. The quantitative estimate of drug-likeness (QED) is 0.804. The summed E-state index contributed by atoms with van der Waals surface area (Å²) in [5.41, 5.74) is 3.00. The average molecular weight is 222 g/mol. The lowest BCUT2D eigenvalue weighted by atomic mass is 9.96. The van der Waals surface area contributed by atoms with E-state index in [-0.39, 0.29) is 0 Å². The molecule has 1 aliphatic carbocycles. The van der Waals surface area contributed by atoms with Gasteiger partial charge in [0.25, 0.3) is 0 Å². The van der Waals surface area contributed by atoms with Gasteiger partial charge in [-0.05, 0) is 61.4 Å². The minimum absolute atomic E-state index is 0.555. The molecule has 1 heterocycles. The molecule has 1 unspecified atom stereocenters. The molecule has 1 aliphatic heterocycles. The van der Waals surface area contributed by atoms with Crippen LogP contribution < -0.4 is 5.32 Å². The Morgan fingerprint density at radius 3 is 2.67 bits per heavy atom. The normalized spacial score (nSPS) is 25.8. The molecule has 3 rings (SSSR count). The highest BCUT2D eigenvalue weighted by molar-refractivity contribution is 6.30. The van der Waals surface area contributed by atoms with Crippen molar-refractivity contribution >= 4 is 11.6 Å². The van der Waals surface area contributed by atoms with E-state index in [2.05, 4.69) is 17.4 Å². The van der Waals surface area contributed by atoms with E-state index >= 15 is 0 Å². The van der Waals surface area contributed by atoms with Crippen LogP contribution in [0.1, 0.15) is 48.8 Å². The third kappa shape index (κ3) is 1.91. The fourth-order valence-electron chi connectivity index (χ4n) is 2.56. The number of nitrogens with one attached hydrogen (secondary N) is 1. The Hall–Kier alpha value is -0.530. The first-order chi connectivity index (χ1) is 7.34. The van der Waals surface area contributed by atoms with Crippen molar-refractivity contribution in [2.75, 3.05) is 6.54 Å². The van der Waals surface area contributed by atoms with Gasteiger partial charge in [-0.3, -0.25) is 0 Å². The summed E-state index contributed by atoms with van der Waals surface area (Å²) in [6, 6.07) is 6.99. The van der Waals surface area contributed by atoms with E-state index in [1.165, 1.54) is 31.2 Å². The van der Waals surface area contributed by atoms with Gasteiger partial charge in [0.2, 0.25) is 0 Å². The molecule has 2 fully saturated rings. The lowest BCUT2D eigenvalue weighted by Crippen LogP contribution is -2.14. The second-order valence-electron chi connectivity index (χ2n) is 4.70. The summed E-state index contributed by atoms with van der Waals surface area (Å²) in [6.45, 7) is 1.15.